The predicted molar refractivity (Wildman–Crippen MR) is 130 cm³/mol. The molecule has 178 valence electrons. The Bertz CT molecular complexity index is 1150. The molecule has 4 rings (SSSR count). The molecule has 1 heterocycles. The SMILES string of the molecule is COc1ccc(-c2nn(C[C@H]3CC[C@@H](COCC(=O)O)CC3)c(=O)cc2-c2ccccc2)cc1. The Hall–Kier alpha value is -3.45. The van der Waals surface area contributed by atoms with Gasteiger partial charge in [0.15, 0.2) is 0 Å². The summed E-state index contributed by atoms with van der Waals surface area (Å²) in [7, 11) is 1.63. The minimum Gasteiger partial charge on any atom is -0.497 e. The Labute approximate surface area is 199 Å². The number of carbonyl (C=O) groups is 1. The molecular weight excluding hydrogens is 432 g/mol. The summed E-state index contributed by atoms with van der Waals surface area (Å²) in [5.74, 6) is 0.552. The van der Waals surface area contributed by atoms with Crippen molar-refractivity contribution < 1.29 is 19.4 Å². The number of rotatable bonds is 9. The quantitative estimate of drug-likeness (QED) is 0.504. The van der Waals surface area contributed by atoms with E-state index in [1.54, 1.807) is 17.9 Å². The molecule has 1 N–H and O–H groups in total. The van der Waals surface area contributed by atoms with E-state index in [-0.39, 0.29) is 12.2 Å². The lowest BCUT2D eigenvalue weighted by Gasteiger charge is -2.28. The van der Waals surface area contributed by atoms with Crippen molar-refractivity contribution in [3.63, 3.8) is 0 Å². The fourth-order valence-corrected chi connectivity index (χ4v) is 4.56. The highest BCUT2D eigenvalue weighted by Crippen LogP contribution is 2.32. The number of aliphatic carboxylic acids is 1. The van der Waals surface area contributed by atoms with Crippen LogP contribution in [-0.4, -0.2) is 41.2 Å². The van der Waals surface area contributed by atoms with Crippen LogP contribution in [0, 0.1) is 11.8 Å². The monoisotopic (exact) mass is 462 g/mol. The summed E-state index contributed by atoms with van der Waals surface area (Å²) in [5.41, 5.74) is 3.35. The lowest BCUT2D eigenvalue weighted by Crippen LogP contribution is -2.29. The highest BCUT2D eigenvalue weighted by molar-refractivity contribution is 5.80. The maximum absolute atomic E-state index is 13.0. The molecule has 0 aliphatic heterocycles. The molecule has 0 amide bonds. The molecule has 0 saturated heterocycles. The zero-order chi connectivity index (χ0) is 23.9. The normalized spacial score (nSPS) is 17.9. The molecule has 0 radical (unpaired) electrons. The van der Waals surface area contributed by atoms with Crippen molar-refractivity contribution >= 4 is 5.97 Å². The number of carboxylic acid groups (broad SMARTS) is 1. The van der Waals surface area contributed by atoms with Gasteiger partial charge in [-0.25, -0.2) is 9.48 Å². The van der Waals surface area contributed by atoms with Gasteiger partial charge in [0.05, 0.1) is 19.4 Å². The van der Waals surface area contributed by atoms with Gasteiger partial charge in [-0.2, -0.15) is 5.10 Å². The predicted octanol–water partition coefficient (Wildman–Crippen LogP) is 4.49. The molecule has 1 aliphatic carbocycles. The van der Waals surface area contributed by atoms with Crippen LogP contribution in [0.25, 0.3) is 22.4 Å². The van der Waals surface area contributed by atoms with Crippen LogP contribution >= 0.6 is 0 Å². The summed E-state index contributed by atoms with van der Waals surface area (Å²) in [6.07, 6.45) is 3.86. The van der Waals surface area contributed by atoms with E-state index in [4.69, 9.17) is 19.7 Å². The fourth-order valence-electron chi connectivity index (χ4n) is 4.56. The average Bonchev–Trinajstić information content (AvgIpc) is 2.86. The molecule has 0 atom stereocenters. The first-order valence-electron chi connectivity index (χ1n) is 11.6. The Morgan fingerprint density at radius 2 is 1.68 bits per heavy atom. The van der Waals surface area contributed by atoms with Crippen molar-refractivity contribution in [1.82, 2.24) is 9.78 Å². The van der Waals surface area contributed by atoms with E-state index in [1.165, 1.54) is 0 Å². The average molecular weight is 463 g/mol. The summed E-state index contributed by atoms with van der Waals surface area (Å²) in [6, 6.07) is 19.2. The summed E-state index contributed by atoms with van der Waals surface area (Å²) >= 11 is 0. The van der Waals surface area contributed by atoms with E-state index in [0.29, 0.717) is 25.0 Å². The van der Waals surface area contributed by atoms with Crippen molar-refractivity contribution in [2.75, 3.05) is 20.3 Å². The number of carboxylic acids is 1. The van der Waals surface area contributed by atoms with Crippen LogP contribution in [0.1, 0.15) is 25.7 Å². The molecule has 0 spiro atoms. The van der Waals surface area contributed by atoms with E-state index in [9.17, 15) is 9.59 Å². The van der Waals surface area contributed by atoms with Crippen molar-refractivity contribution in [2.24, 2.45) is 11.8 Å². The molecule has 1 aromatic heterocycles. The first-order chi connectivity index (χ1) is 16.5. The fraction of sp³-hybridized carbons (Fsp3) is 0.370. The highest BCUT2D eigenvalue weighted by Gasteiger charge is 2.23. The number of methoxy groups -OCH3 is 1. The van der Waals surface area contributed by atoms with Gasteiger partial charge in [-0.3, -0.25) is 4.79 Å². The summed E-state index contributed by atoms with van der Waals surface area (Å²) < 4.78 is 12.2. The van der Waals surface area contributed by atoms with Crippen LogP contribution in [-0.2, 0) is 16.1 Å². The molecule has 7 nitrogen and oxygen atoms in total. The first kappa shape index (κ1) is 23.7. The van der Waals surface area contributed by atoms with E-state index in [0.717, 1.165) is 53.8 Å². The number of benzene rings is 2. The Morgan fingerprint density at radius 3 is 2.32 bits per heavy atom. The van der Waals surface area contributed by atoms with E-state index < -0.39 is 5.97 Å². The van der Waals surface area contributed by atoms with Crippen molar-refractivity contribution in [2.45, 2.75) is 32.2 Å². The lowest BCUT2D eigenvalue weighted by molar-refractivity contribution is -0.142. The molecule has 1 fully saturated rings. The molecule has 1 saturated carbocycles. The van der Waals surface area contributed by atoms with Gasteiger partial charge in [-0.05, 0) is 67.3 Å². The first-order valence-corrected chi connectivity index (χ1v) is 11.6. The van der Waals surface area contributed by atoms with Crippen LogP contribution in [0.15, 0.2) is 65.5 Å². The Balaban J connectivity index is 1.54. The van der Waals surface area contributed by atoms with Gasteiger partial charge in [0.2, 0.25) is 0 Å². The Kier molecular flexibility index (Phi) is 7.75. The molecule has 1 aliphatic rings. The number of hydrogen-bond acceptors (Lipinski definition) is 5. The standard InChI is InChI=1S/C27H30N2O5/c1-33-23-13-11-22(12-14-23)27-24(21-5-3-2-4-6-21)15-25(30)29(28-27)16-19-7-9-20(10-8-19)17-34-18-26(31)32/h2-6,11-15,19-20H,7-10,16-18H2,1H3,(H,31,32)/t19-,20+. The second-order valence-corrected chi connectivity index (χ2v) is 8.82. The van der Waals surface area contributed by atoms with Gasteiger partial charge in [-0.1, -0.05) is 30.3 Å². The summed E-state index contributed by atoms with van der Waals surface area (Å²) in [6.45, 7) is 0.797. The van der Waals surface area contributed by atoms with E-state index in [2.05, 4.69) is 0 Å². The molecule has 3 aromatic rings. The molecule has 0 bridgehead atoms. The summed E-state index contributed by atoms with van der Waals surface area (Å²) in [5, 5.41) is 13.6. The zero-order valence-electron chi connectivity index (χ0n) is 19.4. The van der Waals surface area contributed by atoms with Gasteiger partial charge in [0.1, 0.15) is 12.4 Å². The van der Waals surface area contributed by atoms with Crippen LogP contribution in [0.4, 0.5) is 0 Å². The molecule has 34 heavy (non-hydrogen) atoms. The highest BCUT2D eigenvalue weighted by atomic mass is 16.5. The smallest absolute Gasteiger partial charge is 0.329 e. The van der Waals surface area contributed by atoms with Crippen LogP contribution < -0.4 is 10.3 Å². The second kappa shape index (κ2) is 11.1. The molecule has 0 unspecified atom stereocenters. The Morgan fingerprint density at radius 1 is 1.00 bits per heavy atom. The second-order valence-electron chi connectivity index (χ2n) is 8.82. The maximum atomic E-state index is 13.0. The van der Waals surface area contributed by atoms with Gasteiger partial charge >= 0.3 is 5.97 Å². The van der Waals surface area contributed by atoms with Crippen LogP contribution in [0.2, 0.25) is 0 Å². The third kappa shape index (κ3) is 5.91. The van der Waals surface area contributed by atoms with Gasteiger partial charge in [0.25, 0.3) is 5.56 Å². The van der Waals surface area contributed by atoms with Crippen LogP contribution in [0.3, 0.4) is 0 Å². The van der Waals surface area contributed by atoms with Gasteiger partial charge in [-0.15, -0.1) is 0 Å². The minimum absolute atomic E-state index is 0.108. The molecule has 7 heteroatoms. The lowest BCUT2D eigenvalue weighted by atomic mass is 9.82. The molecular formula is C27H30N2O5. The van der Waals surface area contributed by atoms with E-state index >= 15 is 0 Å². The third-order valence-corrected chi connectivity index (χ3v) is 6.42. The number of hydrogen-bond donors (Lipinski definition) is 1. The van der Waals surface area contributed by atoms with Gasteiger partial charge < -0.3 is 14.6 Å². The topological polar surface area (TPSA) is 90.7 Å². The van der Waals surface area contributed by atoms with E-state index in [1.807, 2.05) is 54.6 Å². The number of aromatic nitrogens is 2. The van der Waals surface area contributed by atoms with Crippen molar-refractivity contribution in [1.29, 1.82) is 0 Å². The number of ether oxygens (including phenoxy) is 2. The van der Waals surface area contributed by atoms with Gasteiger partial charge in [0, 0.05) is 23.7 Å². The maximum Gasteiger partial charge on any atom is 0.329 e. The summed E-state index contributed by atoms with van der Waals surface area (Å²) in [4.78, 5) is 23.7. The molecule has 2 aromatic carbocycles. The zero-order valence-corrected chi connectivity index (χ0v) is 19.4. The van der Waals surface area contributed by atoms with Crippen molar-refractivity contribution in [3.05, 3.63) is 71.0 Å². The van der Waals surface area contributed by atoms with Crippen molar-refractivity contribution in [3.8, 4) is 28.1 Å². The number of nitrogens with zero attached hydrogens (tertiary/aromatic N) is 2. The third-order valence-electron chi connectivity index (χ3n) is 6.42. The minimum atomic E-state index is -0.939. The van der Waals surface area contributed by atoms with Crippen LogP contribution in [0.5, 0.6) is 5.75 Å². The largest absolute Gasteiger partial charge is 0.497 e.